The summed E-state index contributed by atoms with van der Waals surface area (Å²) in [5, 5.41) is 5.31. The second-order valence-electron chi connectivity index (χ2n) is 5.54. The summed E-state index contributed by atoms with van der Waals surface area (Å²) < 4.78 is 6.58. The van der Waals surface area contributed by atoms with Gasteiger partial charge in [-0.3, -0.25) is 4.79 Å². The van der Waals surface area contributed by atoms with E-state index in [2.05, 4.69) is 10.6 Å². The van der Waals surface area contributed by atoms with Crippen molar-refractivity contribution in [1.29, 1.82) is 0 Å². The molecule has 0 aromatic carbocycles. The molecule has 0 spiro atoms. The minimum Gasteiger partial charge on any atom is -0.448 e. The predicted molar refractivity (Wildman–Crippen MR) is 76.4 cm³/mol. The van der Waals surface area contributed by atoms with E-state index in [1.165, 1.54) is 0 Å². The van der Waals surface area contributed by atoms with Gasteiger partial charge in [0.05, 0.1) is 12.2 Å². The van der Waals surface area contributed by atoms with Crippen molar-refractivity contribution in [2.75, 3.05) is 18.9 Å². The Kier molecular flexibility index (Phi) is 5.01. The third kappa shape index (κ3) is 5.21. The van der Waals surface area contributed by atoms with Crippen molar-refractivity contribution in [2.45, 2.75) is 26.3 Å². The van der Waals surface area contributed by atoms with Gasteiger partial charge in [0.2, 0.25) is 0 Å². The molecule has 0 fully saturated rings. The molecule has 0 radical (unpaired) electrons. The van der Waals surface area contributed by atoms with Crippen LogP contribution in [0, 0.1) is 0 Å². The van der Waals surface area contributed by atoms with Crippen LogP contribution in [0.2, 0.25) is 0 Å². The Balaban J connectivity index is 2.30. The zero-order valence-corrected chi connectivity index (χ0v) is 12.3. The number of ether oxygens (including phenoxy) is 1. The maximum atomic E-state index is 11.8. The molecular formula is C13H22N4O3. The summed E-state index contributed by atoms with van der Waals surface area (Å²) in [5.41, 5.74) is 6.23. The second-order valence-corrected chi connectivity index (χ2v) is 5.54. The molecule has 1 aromatic heterocycles. The van der Waals surface area contributed by atoms with Crippen LogP contribution >= 0.6 is 0 Å². The number of nitrogens with one attached hydrogen (secondary N) is 2. The molecule has 4 N–H and O–H groups in total. The van der Waals surface area contributed by atoms with E-state index < -0.39 is 6.09 Å². The normalized spacial score (nSPS) is 11.0. The maximum Gasteiger partial charge on any atom is 0.407 e. The molecule has 2 amide bonds. The van der Waals surface area contributed by atoms with Crippen molar-refractivity contribution < 1.29 is 14.3 Å². The molecule has 1 rings (SSSR count). The molecule has 0 aliphatic heterocycles. The molecule has 0 atom stereocenters. The standard InChI is InChI=1S/C13H22N4O3/c1-13(2,3)16-12(19)20-6-5-15-11(18)10-7-9(14)8-17(10)4/h7-8H,5-6,14H2,1-4H3,(H,15,18)(H,16,19). The monoisotopic (exact) mass is 282 g/mol. The number of hydrogen-bond acceptors (Lipinski definition) is 4. The van der Waals surface area contributed by atoms with Gasteiger partial charge in [0.15, 0.2) is 0 Å². The lowest BCUT2D eigenvalue weighted by molar-refractivity contribution is 0.0923. The largest absolute Gasteiger partial charge is 0.448 e. The number of hydrogen-bond donors (Lipinski definition) is 3. The molecule has 7 heteroatoms. The number of amides is 2. The van der Waals surface area contributed by atoms with Crippen LogP contribution in [0.4, 0.5) is 10.5 Å². The summed E-state index contributed by atoms with van der Waals surface area (Å²) in [6.45, 7) is 5.91. The number of nitrogen functional groups attached to an aromatic ring is 1. The average Bonchev–Trinajstić information content (AvgIpc) is 2.61. The first-order valence-corrected chi connectivity index (χ1v) is 6.34. The van der Waals surface area contributed by atoms with Crippen LogP contribution in [0.25, 0.3) is 0 Å². The van der Waals surface area contributed by atoms with E-state index in [0.717, 1.165) is 0 Å². The van der Waals surface area contributed by atoms with Crippen molar-refractivity contribution in [3.05, 3.63) is 18.0 Å². The van der Waals surface area contributed by atoms with Crippen LogP contribution in [-0.4, -0.2) is 35.3 Å². The maximum absolute atomic E-state index is 11.8. The van der Waals surface area contributed by atoms with Crippen LogP contribution in [0.5, 0.6) is 0 Å². The van der Waals surface area contributed by atoms with E-state index in [1.54, 1.807) is 23.9 Å². The SMILES string of the molecule is Cn1cc(N)cc1C(=O)NCCOC(=O)NC(C)(C)C. The molecule has 0 bridgehead atoms. The summed E-state index contributed by atoms with van der Waals surface area (Å²) in [6.07, 6.45) is 1.15. The van der Waals surface area contributed by atoms with Gasteiger partial charge in [-0.1, -0.05) is 0 Å². The Morgan fingerprint density at radius 3 is 2.55 bits per heavy atom. The number of carbonyl (C=O) groups excluding carboxylic acids is 2. The van der Waals surface area contributed by atoms with Gasteiger partial charge in [0, 0.05) is 18.8 Å². The highest BCUT2D eigenvalue weighted by Crippen LogP contribution is 2.08. The molecule has 0 aliphatic rings. The fraction of sp³-hybridized carbons (Fsp3) is 0.538. The van der Waals surface area contributed by atoms with E-state index in [-0.39, 0.29) is 24.6 Å². The topological polar surface area (TPSA) is 98.4 Å². The Bertz CT molecular complexity index is 488. The van der Waals surface area contributed by atoms with E-state index in [1.807, 2.05) is 20.8 Å². The molecule has 1 heterocycles. The third-order valence-corrected chi connectivity index (χ3v) is 2.36. The van der Waals surface area contributed by atoms with Crippen LogP contribution in [0.15, 0.2) is 12.3 Å². The highest BCUT2D eigenvalue weighted by atomic mass is 16.5. The molecule has 1 aromatic rings. The first-order valence-electron chi connectivity index (χ1n) is 6.34. The van der Waals surface area contributed by atoms with Gasteiger partial charge >= 0.3 is 6.09 Å². The number of anilines is 1. The van der Waals surface area contributed by atoms with E-state index in [9.17, 15) is 9.59 Å². The molecule has 0 saturated carbocycles. The van der Waals surface area contributed by atoms with Gasteiger partial charge in [-0.25, -0.2) is 4.79 Å². The fourth-order valence-corrected chi connectivity index (χ4v) is 1.56. The number of nitrogens with zero attached hydrogens (tertiary/aromatic N) is 1. The first kappa shape index (κ1) is 15.9. The molecule has 112 valence electrons. The Morgan fingerprint density at radius 2 is 2.05 bits per heavy atom. The van der Waals surface area contributed by atoms with Crippen molar-refractivity contribution >= 4 is 17.7 Å². The molecule has 0 saturated heterocycles. The first-order chi connectivity index (χ1) is 9.19. The summed E-state index contributed by atoms with van der Waals surface area (Å²) in [7, 11) is 1.73. The van der Waals surface area contributed by atoms with Gasteiger partial charge in [-0.05, 0) is 26.8 Å². The highest BCUT2D eigenvalue weighted by Gasteiger charge is 2.14. The number of aromatic nitrogens is 1. The number of carbonyl (C=O) groups is 2. The van der Waals surface area contributed by atoms with Crippen molar-refractivity contribution in [3.63, 3.8) is 0 Å². The van der Waals surface area contributed by atoms with E-state index in [0.29, 0.717) is 11.4 Å². The minimum atomic E-state index is -0.505. The number of rotatable bonds is 4. The summed E-state index contributed by atoms with van der Waals surface area (Å²) >= 11 is 0. The highest BCUT2D eigenvalue weighted by molar-refractivity contribution is 5.93. The van der Waals surface area contributed by atoms with Gasteiger partial charge < -0.3 is 25.7 Å². The second kappa shape index (κ2) is 6.31. The average molecular weight is 282 g/mol. The lowest BCUT2D eigenvalue weighted by Crippen LogP contribution is -2.41. The fourth-order valence-electron chi connectivity index (χ4n) is 1.56. The zero-order valence-electron chi connectivity index (χ0n) is 12.3. The van der Waals surface area contributed by atoms with Gasteiger partial charge in [-0.2, -0.15) is 0 Å². The van der Waals surface area contributed by atoms with Gasteiger partial charge in [0.1, 0.15) is 12.3 Å². The Labute approximate surface area is 118 Å². The van der Waals surface area contributed by atoms with E-state index in [4.69, 9.17) is 10.5 Å². The predicted octanol–water partition coefficient (Wildman–Crippen LogP) is 0.862. The number of aryl methyl sites for hydroxylation is 1. The molecule has 20 heavy (non-hydrogen) atoms. The lowest BCUT2D eigenvalue weighted by Gasteiger charge is -2.19. The molecule has 0 unspecified atom stereocenters. The van der Waals surface area contributed by atoms with Crippen molar-refractivity contribution in [1.82, 2.24) is 15.2 Å². The molecule has 0 aliphatic carbocycles. The van der Waals surface area contributed by atoms with E-state index >= 15 is 0 Å². The summed E-state index contributed by atoms with van der Waals surface area (Å²) in [4.78, 5) is 23.2. The van der Waals surface area contributed by atoms with Gasteiger partial charge in [0.25, 0.3) is 5.91 Å². The molecule has 7 nitrogen and oxygen atoms in total. The van der Waals surface area contributed by atoms with Gasteiger partial charge in [-0.15, -0.1) is 0 Å². The third-order valence-electron chi connectivity index (χ3n) is 2.36. The quantitative estimate of drug-likeness (QED) is 0.713. The van der Waals surface area contributed by atoms with Crippen LogP contribution < -0.4 is 16.4 Å². The Morgan fingerprint density at radius 1 is 1.40 bits per heavy atom. The molecular weight excluding hydrogens is 260 g/mol. The van der Waals surface area contributed by atoms with Crippen LogP contribution in [0.1, 0.15) is 31.3 Å². The lowest BCUT2D eigenvalue weighted by atomic mass is 10.1. The minimum absolute atomic E-state index is 0.105. The van der Waals surface area contributed by atoms with Crippen molar-refractivity contribution in [2.24, 2.45) is 7.05 Å². The Hall–Kier alpha value is -2.18. The smallest absolute Gasteiger partial charge is 0.407 e. The number of nitrogens with two attached hydrogens (primary N) is 1. The summed E-state index contributed by atoms with van der Waals surface area (Å²) in [5.74, 6) is -0.260. The number of alkyl carbamates (subject to hydrolysis) is 1. The van der Waals surface area contributed by atoms with Crippen LogP contribution in [-0.2, 0) is 11.8 Å². The summed E-state index contributed by atoms with van der Waals surface area (Å²) in [6, 6.07) is 1.59. The zero-order chi connectivity index (χ0) is 15.3. The van der Waals surface area contributed by atoms with Crippen LogP contribution in [0.3, 0.4) is 0 Å². The van der Waals surface area contributed by atoms with Crippen molar-refractivity contribution in [3.8, 4) is 0 Å².